The van der Waals surface area contributed by atoms with Crippen LogP contribution in [0.25, 0.3) is 0 Å². The van der Waals surface area contributed by atoms with Crippen molar-refractivity contribution in [3.05, 3.63) is 29.1 Å². The number of hydrogen-bond donors (Lipinski definition) is 0. The number of nitriles is 1. The Morgan fingerprint density at radius 3 is 2.38 bits per heavy atom. The Kier molecular flexibility index (Phi) is 2.46. The van der Waals surface area contributed by atoms with E-state index in [1.165, 1.54) is 6.07 Å². The SMILES string of the molecule is N#Cc1ncc(C(F)F)c(F)c1F. The predicted octanol–water partition coefficient (Wildman–Crippen LogP) is 2.17. The lowest BCUT2D eigenvalue weighted by atomic mass is 10.2. The largest absolute Gasteiger partial charge is 0.268 e. The molecule has 0 radical (unpaired) electrons. The molecule has 0 saturated carbocycles. The predicted molar refractivity (Wildman–Crippen MR) is 33.8 cm³/mol. The van der Waals surface area contributed by atoms with Gasteiger partial charge in [0.25, 0.3) is 6.43 Å². The summed E-state index contributed by atoms with van der Waals surface area (Å²) in [6.07, 6.45) is -2.70. The summed E-state index contributed by atoms with van der Waals surface area (Å²) in [4.78, 5) is 3.02. The molecule has 0 spiro atoms. The molecule has 13 heavy (non-hydrogen) atoms. The van der Waals surface area contributed by atoms with Crippen LogP contribution < -0.4 is 0 Å². The maximum absolute atomic E-state index is 12.7. The number of rotatable bonds is 1. The van der Waals surface area contributed by atoms with E-state index in [9.17, 15) is 17.6 Å². The van der Waals surface area contributed by atoms with E-state index in [0.717, 1.165) is 0 Å². The minimum atomic E-state index is -3.14. The normalized spacial score (nSPS) is 10.2. The van der Waals surface area contributed by atoms with Gasteiger partial charge in [0.15, 0.2) is 17.3 Å². The van der Waals surface area contributed by atoms with Gasteiger partial charge >= 0.3 is 0 Å². The summed E-state index contributed by atoms with van der Waals surface area (Å²) < 4.78 is 49.1. The fourth-order valence-corrected chi connectivity index (χ4v) is 0.708. The van der Waals surface area contributed by atoms with Crippen LogP contribution in [0.2, 0.25) is 0 Å². The first-order chi connectivity index (χ1) is 6.07. The van der Waals surface area contributed by atoms with E-state index in [0.29, 0.717) is 6.20 Å². The second kappa shape index (κ2) is 3.39. The number of hydrogen-bond acceptors (Lipinski definition) is 2. The molecule has 68 valence electrons. The van der Waals surface area contributed by atoms with Crippen LogP contribution in [0.3, 0.4) is 0 Å². The average Bonchev–Trinajstić information content (AvgIpc) is 2.09. The Bertz CT molecular complexity index is 369. The fraction of sp³-hybridized carbons (Fsp3) is 0.143. The van der Waals surface area contributed by atoms with Crippen LogP contribution in [0.4, 0.5) is 17.6 Å². The van der Waals surface area contributed by atoms with Crippen molar-refractivity contribution in [2.24, 2.45) is 0 Å². The molecule has 0 saturated heterocycles. The number of pyridine rings is 1. The molecule has 0 amide bonds. The molecule has 0 aromatic carbocycles. The summed E-state index contributed by atoms with van der Waals surface area (Å²) in [5, 5.41) is 8.17. The molecular formula is C7H2F4N2. The van der Waals surface area contributed by atoms with Crippen LogP contribution >= 0.6 is 0 Å². The molecule has 1 aromatic heterocycles. The number of alkyl halides is 2. The van der Waals surface area contributed by atoms with Gasteiger partial charge < -0.3 is 0 Å². The van der Waals surface area contributed by atoms with Crippen LogP contribution in [0.5, 0.6) is 0 Å². The minimum absolute atomic E-state index is 0.446. The molecule has 6 heteroatoms. The third-order valence-corrected chi connectivity index (χ3v) is 1.33. The Morgan fingerprint density at radius 2 is 1.92 bits per heavy atom. The molecule has 1 heterocycles. The second-order valence-corrected chi connectivity index (χ2v) is 2.10. The molecule has 0 aliphatic heterocycles. The molecule has 0 N–H and O–H groups in total. The Balaban J connectivity index is 3.33. The van der Waals surface area contributed by atoms with Gasteiger partial charge in [-0.1, -0.05) is 0 Å². The van der Waals surface area contributed by atoms with Crippen molar-refractivity contribution < 1.29 is 17.6 Å². The highest BCUT2D eigenvalue weighted by atomic mass is 19.3. The monoisotopic (exact) mass is 190 g/mol. The molecule has 0 aliphatic carbocycles. The molecule has 0 unspecified atom stereocenters. The van der Waals surface area contributed by atoms with E-state index >= 15 is 0 Å². The highest BCUT2D eigenvalue weighted by molar-refractivity contribution is 5.27. The number of nitrogens with zero attached hydrogens (tertiary/aromatic N) is 2. The first kappa shape index (κ1) is 9.45. The smallest absolute Gasteiger partial charge is 0.242 e. The fourth-order valence-electron chi connectivity index (χ4n) is 0.708. The van der Waals surface area contributed by atoms with E-state index in [1.54, 1.807) is 0 Å². The van der Waals surface area contributed by atoms with E-state index in [4.69, 9.17) is 5.26 Å². The van der Waals surface area contributed by atoms with Gasteiger partial charge in [-0.3, -0.25) is 0 Å². The molecule has 0 fully saturated rings. The summed E-state index contributed by atoms with van der Waals surface area (Å²) in [6, 6.07) is 1.23. The van der Waals surface area contributed by atoms with Gasteiger partial charge in [-0.25, -0.2) is 22.5 Å². The summed E-state index contributed by atoms with van der Waals surface area (Å²) in [5.74, 6) is -3.36. The van der Waals surface area contributed by atoms with Gasteiger partial charge in [0, 0.05) is 6.20 Å². The van der Waals surface area contributed by atoms with Crippen molar-refractivity contribution in [2.75, 3.05) is 0 Å². The molecular weight excluding hydrogens is 188 g/mol. The Morgan fingerprint density at radius 1 is 1.31 bits per heavy atom. The van der Waals surface area contributed by atoms with Crippen LogP contribution in [0.15, 0.2) is 6.20 Å². The third-order valence-electron chi connectivity index (χ3n) is 1.33. The van der Waals surface area contributed by atoms with Gasteiger partial charge in [-0.05, 0) is 0 Å². The second-order valence-electron chi connectivity index (χ2n) is 2.10. The summed E-state index contributed by atoms with van der Waals surface area (Å²) in [5.41, 5.74) is -1.97. The average molecular weight is 190 g/mol. The van der Waals surface area contributed by atoms with Crippen LogP contribution in [-0.4, -0.2) is 4.98 Å². The highest BCUT2D eigenvalue weighted by Gasteiger charge is 2.20. The van der Waals surface area contributed by atoms with Crippen molar-refractivity contribution in [3.63, 3.8) is 0 Å². The van der Waals surface area contributed by atoms with Crippen LogP contribution in [0, 0.1) is 23.0 Å². The van der Waals surface area contributed by atoms with Crippen molar-refractivity contribution in [2.45, 2.75) is 6.43 Å². The number of halogens is 4. The van der Waals surface area contributed by atoms with Crippen molar-refractivity contribution in [3.8, 4) is 6.07 Å². The Labute approximate surface area is 70.4 Å². The van der Waals surface area contributed by atoms with Gasteiger partial charge in [-0.2, -0.15) is 5.26 Å². The van der Waals surface area contributed by atoms with E-state index in [2.05, 4.69) is 4.98 Å². The van der Waals surface area contributed by atoms with Gasteiger partial charge in [-0.15, -0.1) is 0 Å². The van der Waals surface area contributed by atoms with Gasteiger partial charge in [0.2, 0.25) is 0 Å². The standard InChI is InChI=1S/C7H2F4N2/c8-5-3(7(10)11)2-13-4(1-12)6(5)9/h2,7H. The molecule has 2 nitrogen and oxygen atoms in total. The topological polar surface area (TPSA) is 36.7 Å². The van der Waals surface area contributed by atoms with Crippen LogP contribution in [0.1, 0.15) is 17.7 Å². The maximum atomic E-state index is 12.7. The van der Waals surface area contributed by atoms with E-state index < -0.39 is 29.3 Å². The zero-order valence-electron chi connectivity index (χ0n) is 6.06. The lowest BCUT2D eigenvalue weighted by Gasteiger charge is -2.01. The molecule has 1 rings (SSSR count). The zero-order chi connectivity index (χ0) is 10.0. The van der Waals surface area contributed by atoms with Crippen molar-refractivity contribution in [1.82, 2.24) is 4.98 Å². The minimum Gasteiger partial charge on any atom is -0.242 e. The van der Waals surface area contributed by atoms with Crippen molar-refractivity contribution in [1.29, 1.82) is 5.26 Å². The number of aromatic nitrogens is 1. The van der Waals surface area contributed by atoms with Crippen LogP contribution in [-0.2, 0) is 0 Å². The van der Waals surface area contributed by atoms with E-state index in [-0.39, 0.29) is 0 Å². The highest BCUT2D eigenvalue weighted by Crippen LogP contribution is 2.23. The molecule has 0 aliphatic rings. The molecule has 0 atom stereocenters. The first-order valence-electron chi connectivity index (χ1n) is 3.10. The lowest BCUT2D eigenvalue weighted by molar-refractivity contribution is 0.144. The quantitative estimate of drug-likeness (QED) is 0.636. The lowest BCUT2D eigenvalue weighted by Crippen LogP contribution is -2.00. The van der Waals surface area contributed by atoms with E-state index in [1.807, 2.05) is 0 Å². The summed E-state index contributed by atoms with van der Waals surface area (Å²) >= 11 is 0. The maximum Gasteiger partial charge on any atom is 0.268 e. The summed E-state index contributed by atoms with van der Waals surface area (Å²) in [6.45, 7) is 0. The third kappa shape index (κ3) is 1.59. The van der Waals surface area contributed by atoms with Gasteiger partial charge in [0.1, 0.15) is 6.07 Å². The summed E-state index contributed by atoms with van der Waals surface area (Å²) in [7, 11) is 0. The zero-order valence-corrected chi connectivity index (χ0v) is 6.06. The molecule has 1 aromatic rings. The van der Waals surface area contributed by atoms with Crippen molar-refractivity contribution >= 4 is 0 Å². The Hall–Kier alpha value is -1.64. The van der Waals surface area contributed by atoms with Gasteiger partial charge in [0.05, 0.1) is 5.56 Å². The first-order valence-corrected chi connectivity index (χ1v) is 3.10. The molecule has 0 bridgehead atoms.